The fourth-order valence-corrected chi connectivity index (χ4v) is 3.83. The van der Waals surface area contributed by atoms with Crippen molar-refractivity contribution in [2.45, 2.75) is 6.92 Å². The fourth-order valence-electron chi connectivity index (χ4n) is 3.83. The number of rotatable bonds is 6. The molecule has 32 heavy (non-hydrogen) atoms. The molecule has 0 spiro atoms. The molecule has 0 saturated heterocycles. The van der Waals surface area contributed by atoms with E-state index in [0.29, 0.717) is 11.1 Å². The number of aromatic amines is 1. The Morgan fingerprint density at radius 2 is 1.44 bits per heavy atom. The maximum Gasteiger partial charge on any atom is 0.346 e. The molecule has 0 atom stereocenters. The van der Waals surface area contributed by atoms with Crippen molar-refractivity contribution in [3.63, 3.8) is 0 Å². The number of methoxy groups -OCH3 is 1. The quantitative estimate of drug-likeness (QED) is 0.195. The van der Waals surface area contributed by atoms with Crippen LogP contribution < -0.4 is 0 Å². The van der Waals surface area contributed by atoms with E-state index in [-0.39, 0.29) is 12.2 Å². The van der Waals surface area contributed by atoms with Gasteiger partial charge in [0.1, 0.15) is 0 Å². The van der Waals surface area contributed by atoms with Crippen LogP contribution in [0, 0.1) is 0 Å². The van der Waals surface area contributed by atoms with E-state index in [0.717, 1.165) is 27.7 Å². The van der Waals surface area contributed by atoms with Gasteiger partial charge in [0.15, 0.2) is 5.57 Å². The third kappa shape index (κ3) is 3.93. The monoisotopic (exact) mass is 425 g/mol. The van der Waals surface area contributed by atoms with Crippen molar-refractivity contribution in [1.29, 1.82) is 0 Å². The van der Waals surface area contributed by atoms with Gasteiger partial charge in [-0.15, -0.1) is 0 Å². The molecule has 0 saturated carbocycles. The van der Waals surface area contributed by atoms with Crippen LogP contribution in [0.15, 0.2) is 90.5 Å². The summed E-state index contributed by atoms with van der Waals surface area (Å²) < 4.78 is 10.3. The smallest absolute Gasteiger partial charge is 0.346 e. The average molecular weight is 425 g/mol. The number of hydrogen-bond acceptors (Lipinski definition) is 4. The Balaban J connectivity index is 2.16. The second kappa shape index (κ2) is 9.35. The molecule has 0 unspecified atom stereocenters. The predicted molar refractivity (Wildman–Crippen MR) is 125 cm³/mol. The summed E-state index contributed by atoms with van der Waals surface area (Å²) in [5.74, 6) is -1.46. The molecule has 0 aliphatic rings. The van der Waals surface area contributed by atoms with E-state index in [2.05, 4.69) is 4.98 Å². The highest BCUT2D eigenvalue weighted by Gasteiger charge is 2.30. The number of fused-ring (bicyclic) bond motifs is 1. The van der Waals surface area contributed by atoms with Gasteiger partial charge in [-0.2, -0.15) is 0 Å². The van der Waals surface area contributed by atoms with Crippen molar-refractivity contribution in [2.24, 2.45) is 0 Å². The normalized spacial score (nSPS) is 11.7. The first-order valence-electron chi connectivity index (χ1n) is 10.4. The molecule has 4 rings (SSSR count). The molecule has 0 aliphatic heterocycles. The van der Waals surface area contributed by atoms with Crippen LogP contribution in [0.25, 0.3) is 27.7 Å². The molecule has 5 heteroatoms. The molecule has 0 radical (unpaired) electrons. The fraction of sp³-hybridized carbons (Fsp3) is 0.111. The van der Waals surface area contributed by atoms with Crippen molar-refractivity contribution in [2.75, 3.05) is 13.7 Å². The van der Waals surface area contributed by atoms with Crippen LogP contribution in [-0.4, -0.2) is 30.6 Å². The van der Waals surface area contributed by atoms with Crippen LogP contribution >= 0.6 is 0 Å². The maximum atomic E-state index is 13.0. The zero-order valence-corrected chi connectivity index (χ0v) is 17.9. The molecule has 5 nitrogen and oxygen atoms in total. The minimum Gasteiger partial charge on any atom is -0.465 e. The number of carbonyl (C=O) groups excluding carboxylic acids is 2. The Bertz CT molecular complexity index is 1290. The molecule has 0 aliphatic carbocycles. The highest BCUT2D eigenvalue weighted by molar-refractivity contribution is 6.24. The number of benzene rings is 3. The van der Waals surface area contributed by atoms with Gasteiger partial charge in [-0.25, -0.2) is 9.59 Å². The molecule has 3 aromatic carbocycles. The van der Waals surface area contributed by atoms with Gasteiger partial charge in [0, 0.05) is 22.0 Å². The van der Waals surface area contributed by atoms with E-state index >= 15 is 0 Å². The zero-order chi connectivity index (χ0) is 22.5. The van der Waals surface area contributed by atoms with E-state index in [4.69, 9.17) is 9.47 Å². The van der Waals surface area contributed by atoms with Gasteiger partial charge >= 0.3 is 11.9 Å². The number of nitrogens with one attached hydrogen (secondary N) is 1. The Morgan fingerprint density at radius 3 is 2.09 bits per heavy atom. The average Bonchev–Trinajstić information content (AvgIpc) is 3.22. The lowest BCUT2D eigenvalue weighted by Gasteiger charge is -2.16. The summed E-state index contributed by atoms with van der Waals surface area (Å²) in [5.41, 5.74) is 4.41. The molecule has 1 heterocycles. The van der Waals surface area contributed by atoms with Gasteiger partial charge in [-0.05, 0) is 24.1 Å². The molecule has 0 fully saturated rings. The van der Waals surface area contributed by atoms with E-state index in [1.54, 1.807) is 6.92 Å². The van der Waals surface area contributed by atoms with Crippen molar-refractivity contribution in [3.05, 3.63) is 102 Å². The van der Waals surface area contributed by atoms with E-state index in [1.807, 2.05) is 84.9 Å². The van der Waals surface area contributed by atoms with Gasteiger partial charge < -0.3 is 14.5 Å². The summed E-state index contributed by atoms with van der Waals surface area (Å²) in [7, 11) is 1.26. The summed E-state index contributed by atoms with van der Waals surface area (Å²) in [6.45, 7) is 1.84. The van der Waals surface area contributed by atoms with Crippen molar-refractivity contribution in [1.82, 2.24) is 4.98 Å². The van der Waals surface area contributed by atoms with Crippen LogP contribution in [-0.2, 0) is 19.1 Å². The Morgan fingerprint density at radius 1 is 0.812 bits per heavy atom. The van der Waals surface area contributed by atoms with E-state index < -0.39 is 11.9 Å². The summed E-state index contributed by atoms with van der Waals surface area (Å²) in [6.07, 6.45) is 0. The lowest BCUT2D eigenvalue weighted by molar-refractivity contribution is -0.145. The van der Waals surface area contributed by atoms with Crippen molar-refractivity contribution in [3.8, 4) is 11.3 Å². The van der Waals surface area contributed by atoms with Gasteiger partial charge in [0.2, 0.25) is 0 Å². The summed E-state index contributed by atoms with van der Waals surface area (Å²) >= 11 is 0. The Hall–Kier alpha value is -4.12. The first-order chi connectivity index (χ1) is 15.7. The van der Waals surface area contributed by atoms with Crippen LogP contribution in [0.3, 0.4) is 0 Å². The molecule has 160 valence electrons. The number of ether oxygens (including phenoxy) is 2. The third-order valence-electron chi connectivity index (χ3n) is 5.20. The topological polar surface area (TPSA) is 68.4 Å². The van der Waals surface area contributed by atoms with E-state index in [1.165, 1.54) is 7.11 Å². The molecule has 1 N–H and O–H groups in total. The molecule has 0 amide bonds. The van der Waals surface area contributed by atoms with E-state index in [9.17, 15) is 9.59 Å². The lowest BCUT2D eigenvalue weighted by Crippen LogP contribution is -2.19. The van der Waals surface area contributed by atoms with Gasteiger partial charge in [-0.1, -0.05) is 78.9 Å². The van der Waals surface area contributed by atoms with Gasteiger partial charge in [0.05, 0.1) is 19.4 Å². The number of H-pyrrole nitrogens is 1. The second-order valence-corrected chi connectivity index (χ2v) is 7.11. The van der Waals surface area contributed by atoms with Crippen molar-refractivity contribution < 1.29 is 19.1 Å². The number of carbonyl (C=O) groups is 2. The second-order valence-electron chi connectivity index (χ2n) is 7.11. The zero-order valence-electron chi connectivity index (χ0n) is 17.9. The summed E-state index contributed by atoms with van der Waals surface area (Å²) in [6, 6.07) is 27.0. The maximum absolute atomic E-state index is 13.0. The Labute approximate surface area is 186 Å². The number of esters is 2. The van der Waals surface area contributed by atoms with Crippen LogP contribution in [0.2, 0.25) is 0 Å². The highest BCUT2D eigenvalue weighted by Crippen LogP contribution is 2.40. The van der Waals surface area contributed by atoms with Gasteiger partial charge in [0.25, 0.3) is 0 Å². The highest BCUT2D eigenvalue weighted by atomic mass is 16.5. The molecule has 1 aromatic heterocycles. The van der Waals surface area contributed by atoms with Crippen LogP contribution in [0.4, 0.5) is 0 Å². The minimum absolute atomic E-state index is 0.137. The molecular weight excluding hydrogens is 402 g/mol. The van der Waals surface area contributed by atoms with Crippen LogP contribution in [0.5, 0.6) is 0 Å². The largest absolute Gasteiger partial charge is 0.465 e. The number of para-hydroxylation sites is 1. The number of aromatic nitrogens is 1. The van der Waals surface area contributed by atoms with Crippen LogP contribution in [0.1, 0.15) is 18.1 Å². The minimum atomic E-state index is -0.744. The first-order valence-corrected chi connectivity index (χ1v) is 10.4. The number of hydrogen-bond donors (Lipinski definition) is 1. The summed E-state index contributed by atoms with van der Waals surface area (Å²) in [4.78, 5) is 29.5. The molecule has 0 bridgehead atoms. The van der Waals surface area contributed by atoms with Gasteiger partial charge in [-0.3, -0.25) is 0 Å². The standard InChI is InChI=1S/C27H23NO4/c1-3-32-27(30)24(26(29)31-2)22(18-12-6-4-7-13-18)23-20-16-10-11-17-21(20)28-25(23)19-14-8-5-9-15-19/h4-17,28H,3H2,1-2H3/b24-22-. The first kappa shape index (κ1) is 21.1. The summed E-state index contributed by atoms with van der Waals surface area (Å²) in [5, 5.41) is 0.885. The third-order valence-corrected chi connectivity index (χ3v) is 5.20. The SMILES string of the molecule is CCOC(=O)/C(C(=O)OC)=C(/c1ccccc1)c1c(-c2ccccc2)[nH]c2ccccc12. The lowest BCUT2D eigenvalue weighted by atomic mass is 9.89. The Kier molecular flexibility index (Phi) is 6.17. The molecular formula is C27H23NO4. The predicted octanol–water partition coefficient (Wildman–Crippen LogP) is 5.37. The van der Waals surface area contributed by atoms with Crippen molar-refractivity contribution >= 4 is 28.4 Å². The molecule has 4 aromatic rings.